The number of carbonyl (C=O) groups excluding carboxylic acids is 1. The van der Waals surface area contributed by atoms with E-state index in [4.69, 9.17) is 0 Å². The van der Waals surface area contributed by atoms with Gasteiger partial charge >= 0.3 is 0 Å². The summed E-state index contributed by atoms with van der Waals surface area (Å²) in [4.78, 5) is 24.6. The Morgan fingerprint density at radius 2 is 1.91 bits per heavy atom. The number of rotatable bonds is 4. The van der Waals surface area contributed by atoms with Gasteiger partial charge in [0.05, 0.1) is 0 Å². The van der Waals surface area contributed by atoms with E-state index in [2.05, 4.69) is 30.9 Å². The quantitative estimate of drug-likeness (QED) is 0.783. The summed E-state index contributed by atoms with van der Waals surface area (Å²) in [5, 5.41) is 9.34. The van der Waals surface area contributed by atoms with Crippen molar-refractivity contribution in [3.8, 4) is 0 Å². The Kier molecular flexibility index (Phi) is 4.55. The molecule has 1 fully saturated rings. The number of nitrogens with one attached hydrogen (secondary N) is 3. The average Bonchev–Trinajstić information content (AvgIpc) is 2.57. The van der Waals surface area contributed by atoms with Crippen molar-refractivity contribution >= 4 is 17.5 Å². The molecule has 0 saturated carbocycles. The Hall–Kier alpha value is -2.54. The first-order valence-corrected chi connectivity index (χ1v) is 7.33. The molecule has 3 heterocycles. The van der Waals surface area contributed by atoms with E-state index >= 15 is 0 Å². The third-order valence-electron chi connectivity index (χ3n) is 3.50. The summed E-state index contributed by atoms with van der Waals surface area (Å²) >= 11 is 0. The molecule has 1 aliphatic heterocycles. The number of pyridine rings is 1. The monoisotopic (exact) mass is 298 g/mol. The zero-order valence-electron chi connectivity index (χ0n) is 12.1. The van der Waals surface area contributed by atoms with Crippen molar-refractivity contribution in [2.24, 2.45) is 0 Å². The van der Waals surface area contributed by atoms with Crippen LogP contribution in [0.25, 0.3) is 0 Å². The predicted molar refractivity (Wildman–Crippen MR) is 82.9 cm³/mol. The molecule has 0 atom stereocenters. The topological polar surface area (TPSA) is 91.8 Å². The van der Waals surface area contributed by atoms with Gasteiger partial charge < -0.3 is 16.0 Å². The molecule has 1 aliphatic rings. The highest BCUT2D eigenvalue weighted by molar-refractivity contribution is 5.92. The summed E-state index contributed by atoms with van der Waals surface area (Å²) in [7, 11) is 0. The molecule has 1 amide bonds. The highest BCUT2D eigenvalue weighted by Crippen LogP contribution is 2.11. The van der Waals surface area contributed by atoms with Gasteiger partial charge in [0.25, 0.3) is 5.91 Å². The van der Waals surface area contributed by atoms with Crippen LogP contribution in [-0.2, 0) is 0 Å². The molecule has 0 spiro atoms. The molecular weight excluding hydrogens is 280 g/mol. The van der Waals surface area contributed by atoms with Gasteiger partial charge in [-0.25, -0.2) is 9.97 Å². The molecule has 2 aromatic rings. The number of aromatic nitrogens is 3. The van der Waals surface area contributed by atoms with Crippen molar-refractivity contribution in [3.05, 3.63) is 42.5 Å². The number of hydrogen-bond donors (Lipinski definition) is 3. The second-order valence-electron chi connectivity index (χ2n) is 5.12. The minimum absolute atomic E-state index is 0.160. The van der Waals surface area contributed by atoms with E-state index in [1.807, 2.05) is 12.1 Å². The average molecular weight is 298 g/mol. The molecule has 1 saturated heterocycles. The van der Waals surface area contributed by atoms with Crippen LogP contribution < -0.4 is 16.0 Å². The lowest BCUT2D eigenvalue weighted by Gasteiger charge is -2.23. The van der Waals surface area contributed by atoms with Crippen LogP contribution in [0, 0.1) is 0 Å². The standard InChI is InChI=1S/C15H18N6O/c22-14(19-11-1-6-16-7-2-11)13-5-10-18-15(21-13)20-12-3-8-17-9-4-12/h3-5,8-11,16H,1-2,6-7H2,(H,19,22)(H,17,18,20,21). The molecule has 2 aromatic heterocycles. The van der Waals surface area contributed by atoms with Crippen LogP contribution in [0.3, 0.4) is 0 Å². The van der Waals surface area contributed by atoms with Gasteiger partial charge in [0.15, 0.2) is 0 Å². The summed E-state index contributed by atoms with van der Waals surface area (Å²) in [6.45, 7) is 1.87. The minimum Gasteiger partial charge on any atom is -0.348 e. The fourth-order valence-electron chi connectivity index (χ4n) is 2.34. The van der Waals surface area contributed by atoms with Gasteiger partial charge in [0, 0.05) is 30.3 Å². The summed E-state index contributed by atoms with van der Waals surface area (Å²) in [5.41, 5.74) is 1.19. The van der Waals surface area contributed by atoms with Gasteiger partial charge in [-0.05, 0) is 44.1 Å². The normalized spacial score (nSPS) is 15.3. The molecule has 0 aromatic carbocycles. The number of carbonyl (C=O) groups is 1. The molecule has 7 nitrogen and oxygen atoms in total. The molecule has 0 radical (unpaired) electrons. The number of anilines is 2. The maximum absolute atomic E-state index is 12.3. The van der Waals surface area contributed by atoms with Gasteiger partial charge in [-0.2, -0.15) is 0 Å². The molecule has 0 aliphatic carbocycles. The van der Waals surface area contributed by atoms with Crippen molar-refractivity contribution in [3.63, 3.8) is 0 Å². The second-order valence-corrected chi connectivity index (χ2v) is 5.12. The fourth-order valence-corrected chi connectivity index (χ4v) is 2.34. The van der Waals surface area contributed by atoms with Gasteiger partial charge in [-0.15, -0.1) is 0 Å². The van der Waals surface area contributed by atoms with Crippen molar-refractivity contribution in [2.45, 2.75) is 18.9 Å². The lowest BCUT2D eigenvalue weighted by Crippen LogP contribution is -2.42. The first-order chi connectivity index (χ1) is 10.8. The highest BCUT2D eigenvalue weighted by atomic mass is 16.1. The van der Waals surface area contributed by atoms with E-state index in [9.17, 15) is 4.79 Å². The van der Waals surface area contributed by atoms with Crippen molar-refractivity contribution in [1.82, 2.24) is 25.6 Å². The zero-order chi connectivity index (χ0) is 15.2. The lowest BCUT2D eigenvalue weighted by atomic mass is 10.1. The van der Waals surface area contributed by atoms with Crippen LogP contribution in [0.2, 0.25) is 0 Å². The van der Waals surface area contributed by atoms with Gasteiger partial charge in [-0.3, -0.25) is 9.78 Å². The van der Waals surface area contributed by atoms with Crippen LogP contribution in [0.4, 0.5) is 11.6 Å². The van der Waals surface area contributed by atoms with Crippen molar-refractivity contribution in [2.75, 3.05) is 18.4 Å². The fraction of sp³-hybridized carbons (Fsp3) is 0.333. The number of piperidine rings is 1. The molecule has 114 valence electrons. The molecule has 0 unspecified atom stereocenters. The third kappa shape index (κ3) is 3.76. The van der Waals surface area contributed by atoms with Gasteiger partial charge in [-0.1, -0.05) is 0 Å². The molecule has 3 N–H and O–H groups in total. The summed E-state index contributed by atoms with van der Waals surface area (Å²) in [5.74, 6) is 0.233. The predicted octanol–water partition coefficient (Wildman–Crippen LogP) is 1.10. The summed E-state index contributed by atoms with van der Waals surface area (Å²) < 4.78 is 0. The molecule has 7 heteroatoms. The molecule has 3 rings (SSSR count). The van der Waals surface area contributed by atoms with E-state index < -0.39 is 0 Å². The van der Waals surface area contributed by atoms with Gasteiger partial charge in [0.2, 0.25) is 5.95 Å². The lowest BCUT2D eigenvalue weighted by molar-refractivity contribution is 0.0924. The molecule has 0 bridgehead atoms. The van der Waals surface area contributed by atoms with Crippen LogP contribution in [0.1, 0.15) is 23.3 Å². The SMILES string of the molecule is O=C(NC1CCNCC1)c1ccnc(Nc2ccncc2)n1. The minimum atomic E-state index is -0.160. The van der Waals surface area contributed by atoms with E-state index in [-0.39, 0.29) is 11.9 Å². The summed E-state index contributed by atoms with van der Waals surface area (Å²) in [6, 6.07) is 5.45. The second kappa shape index (κ2) is 6.95. The van der Waals surface area contributed by atoms with Crippen molar-refractivity contribution in [1.29, 1.82) is 0 Å². The highest BCUT2D eigenvalue weighted by Gasteiger charge is 2.17. The third-order valence-corrected chi connectivity index (χ3v) is 3.50. The molecular formula is C15H18N6O. The maximum atomic E-state index is 12.3. The largest absolute Gasteiger partial charge is 0.348 e. The number of hydrogen-bond acceptors (Lipinski definition) is 6. The zero-order valence-corrected chi connectivity index (χ0v) is 12.1. The Bertz CT molecular complexity index is 627. The smallest absolute Gasteiger partial charge is 0.270 e. The van der Waals surface area contributed by atoms with E-state index in [1.54, 1.807) is 24.7 Å². The van der Waals surface area contributed by atoms with E-state index in [0.717, 1.165) is 31.6 Å². The Labute approximate surface area is 128 Å². The van der Waals surface area contributed by atoms with Crippen LogP contribution in [0.15, 0.2) is 36.8 Å². The van der Waals surface area contributed by atoms with E-state index in [1.165, 1.54) is 0 Å². The maximum Gasteiger partial charge on any atom is 0.270 e. The number of amides is 1. The Morgan fingerprint density at radius 1 is 1.14 bits per heavy atom. The Morgan fingerprint density at radius 3 is 2.68 bits per heavy atom. The van der Waals surface area contributed by atoms with Crippen LogP contribution >= 0.6 is 0 Å². The first-order valence-electron chi connectivity index (χ1n) is 7.33. The first kappa shape index (κ1) is 14.4. The Balaban J connectivity index is 1.66. The van der Waals surface area contributed by atoms with Crippen LogP contribution in [-0.4, -0.2) is 40.0 Å². The molecule has 22 heavy (non-hydrogen) atoms. The number of nitrogens with zero attached hydrogens (tertiary/aromatic N) is 3. The summed E-state index contributed by atoms with van der Waals surface area (Å²) in [6.07, 6.45) is 6.82. The van der Waals surface area contributed by atoms with E-state index in [0.29, 0.717) is 11.6 Å². The van der Waals surface area contributed by atoms with Crippen molar-refractivity contribution < 1.29 is 4.79 Å². The van der Waals surface area contributed by atoms with Crippen LogP contribution in [0.5, 0.6) is 0 Å². The van der Waals surface area contributed by atoms with Gasteiger partial charge in [0.1, 0.15) is 5.69 Å².